The second-order valence-electron chi connectivity index (χ2n) is 5.09. The first-order valence-corrected chi connectivity index (χ1v) is 7.51. The van der Waals surface area contributed by atoms with Crippen molar-refractivity contribution in [3.05, 3.63) is 28.3 Å². The van der Waals surface area contributed by atoms with Crippen LogP contribution in [0.2, 0.25) is 5.02 Å². The van der Waals surface area contributed by atoms with Crippen LogP contribution < -0.4 is 4.74 Å². The van der Waals surface area contributed by atoms with Gasteiger partial charge in [0.15, 0.2) is 0 Å². The van der Waals surface area contributed by atoms with E-state index in [1.54, 1.807) is 6.92 Å². The Morgan fingerprint density at radius 3 is 2.26 bits per heavy atom. The predicted molar refractivity (Wildman–Crippen MR) is 79.4 cm³/mol. The second-order valence-corrected chi connectivity index (χ2v) is 5.50. The summed E-state index contributed by atoms with van der Waals surface area (Å²) in [5.41, 5.74) is -0.369. The molecule has 0 unspecified atom stereocenters. The maximum atomic E-state index is 12.7. The third-order valence-electron chi connectivity index (χ3n) is 3.43. The highest BCUT2D eigenvalue weighted by Crippen LogP contribution is 2.38. The van der Waals surface area contributed by atoms with E-state index in [-0.39, 0.29) is 5.02 Å². The second kappa shape index (κ2) is 9.27. The van der Waals surface area contributed by atoms with Gasteiger partial charge in [-0.15, -0.1) is 0 Å². The molecule has 0 saturated carbocycles. The van der Waals surface area contributed by atoms with Gasteiger partial charge in [0, 0.05) is 6.54 Å². The zero-order chi connectivity index (χ0) is 17.5. The van der Waals surface area contributed by atoms with Gasteiger partial charge in [-0.05, 0) is 50.6 Å². The minimum atomic E-state index is -4.43. The Morgan fingerprint density at radius 1 is 1.17 bits per heavy atom. The molecule has 1 aliphatic rings. The summed E-state index contributed by atoms with van der Waals surface area (Å²) in [4.78, 5) is 2.28. The fourth-order valence-electron chi connectivity index (χ4n) is 2.33. The SMILES string of the molecule is Cc1cc(C(F)(F)F)c(Cl)cc1OCCN1CCCC1.FCF. The lowest BCUT2D eigenvalue weighted by atomic mass is 10.1. The van der Waals surface area contributed by atoms with Crippen molar-refractivity contribution in [2.45, 2.75) is 25.9 Å². The van der Waals surface area contributed by atoms with Gasteiger partial charge in [0.2, 0.25) is 6.93 Å². The first-order valence-electron chi connectivity index (χ1n) is 7.14. The molecule has 132 valence electrons. The molecule has 23 heavy (non-hydrogen) atoms. The smallest absolute Gasteiger partial charge is 0.417 e. The fraction of sp³-hybridized carbons (Fsp3) is 0.600. The summed E-state index contributed by atoms with van der Waals surface area (Å²) in [5.74, 6) is 0.419. The largest absolute Gasteiger partial charge is 0.492 e. The Kier molecular flexibility index (Phi) is 8.05. The van der Waals surface area contributed by atoms with Crippen LogP contribution in [0.3, 0.4) is 0 Å². The molecule has 1 aliphatic heterocycles. The Labute approximate surface area is 137 Å². The van der Waals surface area contributed by atoms with Gasteiger partial charge < -0.3 is 4.74 Å². The number of halogens is 6. The summed E-state index contributed by atoms with van der Waals surface area (Å²) in [6.45, 7) is 3.23. The van der Waals surface area contributed by atoms with E-state index in [1.807, 2.05) is 0 Å². The zero-order valence-corrected chi connectivity index (χ0v) is 13.5. The molecule has 0 aromatic heterocycles. The lowest BCUT2D eigenvalue weighted by Gasteiger charge is -2.17. The van der Waals surface area contributed by atoms with Crippen molar-refractivity contribution in [3.63, 3.8) is 0 Å². The van der Waals surface area contributed by atoms with Gasteiger partial charge in [0.05, 0.1) is 10.6 Å². The van der Waals surface area contributed by atoms with Gasteiger partial charge in [-0.2, -0.15) is 13.2 Å². The number of ether oxygens (including phenoxy) is 1. The highest BCUT2D eigenvalue weighted by molar-refractivity contribution is 6.31. The number of hydrogen-bond acceptors (Lipinski definition) is 2. The van der Waals surface area contributed by atoms with E-state index >= 15 is 0 Å². The summed E-state index contributed by atoms with van der Waals surface area (Å²) in [7, 11) is 0. The molecule has 8 heteroatoms. The summed E-state index contributed by atoms with van der Waals surface area (Å²) >= 11 is 5.68. The molecule has 0 radical (unpaired) electrons. The maximum Gasteiger partial charge on any atom is 0.417 e. The van der Waals surface area contributed by atoms with Crippen molar-refractivity contribution in [1.82, 2.24) is 4.90 Å². The third-order valence-corrected chi connectivity index (χ3v) is 3.75. The minimum Gasteiger partial charge on any atom is -0.492 e. The summed E-state index contributed by atoms with van der Waals surface area (Å²) in [5, 5.41) is -0.320. The summed E-state index contributed by atoms with van der Waals surface area (Å²) < 4.78 is 62.9. The number of alkyl halides is 5. The van der Waals surface area contributed by atoms with E-state index in [0.29, 0.717) is 17.9 Å². The summed E-state index contributed by atoms with van der Waals surface area (Å²) in [6, 6.07) is 2.29. The van der Waals surface area contributed by atoms with E-state index in [1.165, 1.54) is 18.9 Å². The standard InChI is InChI=1S/C14H17ClF3NO.CH2F2/c1-10-8-11(14(16,17)18)12(15)9-13(10)20-7-6-19-4-2-3-5-19;2-1-3/h8-9H,2-7H2,1H3;1H2. The van der Waals surface area contributed by atoms with Crippen LogP contribution >= 0.6 is 11.6 Å². The Balaban J connectivity index is 0.000000816. The lowest BCUT2D eigenvalue weighted by Crippen LogP contribution is -2.25. The van der Waals surface area contributed by atoms with E-state index in [0.717, 1.165) is 25.7 Å². The van der Waals surface area contributed by atoms with Crippen LogP contribution in [0.4, 0.5) is 22.0 Å². The highest BCUT2D eigenvalue weighted by Gasteiger charge is 2.33. The maximum absolute atomic E-state index is 12.7. The molecule has 1 fully saturated rings. The molecule has 0 amide bonds. The Hall–Kier alpha value is -1.08. The quantitative estimate of drug-likeness (QED) is 0.699. The van der Waals surface area contributed by atoms with E-state index < -0.39 is 18.7 Å². The minimum absolute atomic E-state index is 0.320. The number of rotatable bonds is 4. The van der Waals surface area contributed by atoms with Gasteiger partial charge in [0.25, 0.3) is 0 Å². The van der Waals surface area contributed by atoms with E-state index in [9.17, 15) is 22.0 Å². The zero-order valence-electron chi connectivity index (χ0n) is 12.7. The molecule has 1 heterocycles. The van der Waals surface area contributed by atoms with Gasteiger partial charge in [-0.3, -0.25) is 4.90 Å². The van der Waals surface area contributed by atoms with Crippen LogP contribution in [0.25, 0.3) is 0 Å². The van der Waals surface area contributed by atoms with Crippen LogP contribution in [0.1, 0.15) is 24.0 Å². The van der Waals surface area contributed by atoms with E-state index in [2.05, 4.69) is 4.90 Å². The van der Waals surface area contributed by atoms with Crippen LogP contribution in [0.15, 0.2) is 12.1 Å². The molecule has 2 nitrogen and oxygen atoms in total. The van der Waals surface area contributed by atoms with Gasteiger partial charge >= 0.3 is 6.18 Å². The highest BCUT2D eigenvalue weighted by atomic mass is 35.5. The number of benzene rings is 1. The first-order chi connectivity index (χ1) is 10.8. The average molecular weight is 360 g/mol. The normalized spacial score (nSPS) is 15.3. The molecule has 0 bridgehead atoms. The van der Waals surface area contributed by atoms with Crippen molar-refractivity contribution >= 4 is 11.6 Å². The average Bonchev–Trinajstić information content (AvgIpc) is 2.95. The van der Waals surface area contributed by atoms with Crippen molar-refractivity contribution in [3.8, 4) is 5.75 Å². The molecule has 1 aromatic rings. The Morgan fingerprint density at radius 2 is 1.74 bits per heavy atom. The molecular weight excluding hydrogens is 341 g/mol. The molecular formula is C15H19ClF5NO. The van der Waals surface area contributed by atoms with Crippen LogP contribution in [-0.2, 0) is 6.18 Å². The van der Waals surface area contributed by atoms with Crippen LogP contribution in [0, 0.1) is 6.92 Å². The van der Waals surface area contributed by atoms with Crippen molar-refractivity contribution < 1.29 is 26.7 Å². The fourth-order valence-corrected chi connectivity index (χ4v) is 2.59. The lowest BCUT2D eigenvalue weighted by molar-refractivity contribution is -0.137. The van der Waals surface area contributed by atoms with Gasteiger partial charge in [-0.1, -0.05) is 11.6 Å². The van der Waals surface area contributed by atoms with Crippen LogP contribution in [-0.4, -0.2) is 38.1 Å². The predicted octanol–water partition coefficient (Wildman–Crippen LogP) is 5.02. The molecule has 0 N–H and O–H groups in total. The molecule has 0 spiro atoms. The number of aryl methyl sites for hydroxylation is 1. The molecule has 0 aliphatic carbocycles. The monoisotopic (exact) mass is 359 g/mol. The Bertz CT molecular complexity index is 489. The number of nitrogens with zero attached hydrogens (tertiary/aromatic N) is 1. The van der Waals surface area contributed by atoms with Crippen molar-refractivity contribution in [2.24, 2.45) is 0 Å². The van der Waals surface area contributed by atoms with Crippen molar-refractivity contribution in [2.75, 3.05) is 33.2 Å². The van der Waals surface area contributed by atoms with Crippen molar-refractivity contribution in [1.29, 1.82) is 0 Å². The molecule has 0 atom stereocenters. The van der Waals surface area contributed by atoms with Gasteiger partial charge in [0.1, 0.15) is 12.4 Å². The molecule has 1 saturated heterocycles. The molecule has 2 rings (SSSR count). The third kappa shape index (κ3) is 6.51. The van der Waals surface area contributed by atoms with Crippen LogP contribution in [0.5, 0.6) is 5.75 Å². The summed E-state index contributed by atoms with van der Waals surface area (Å²) in [6.07, 6.45) is -2.04. The first kappa shape index (κ1) is 20.0. The van der Waals surface area contributed by atoms with E-state index in [4.69, 9.17) is 16.3 Å². The van der Waals surface area contributed by atoms with Gasteiger partial charge in [-0.25, -0.2) is 8.78 Å². The number of hydrogen-bond donors (Lipinski definition) is 0. The molecule has 1 aromatic carbocycles. The number of likely N-dealkylation sites (tertiary alicyclic amines) is 1. The topological polar surface area (TPSA) is 12.5 Å².